The van der Waals surface area contributed by atoms with Crippen molar-refractivity contribution in [1.29, 1.82) is 0 Å². The van der Waals surface area contributed by atoms with E-state index in [1.807, 2.05) is 13.0 Å². The highest BCUT2D eigenvalue weighted by atomic mass is 32.2. The van der Waals surface area contributed by atoms with Gasteiger partial charge in [-0.15, -0.1) is 0 Å². The highest BCUT2D eigenvalue weighted by molar-refractivity contribution is 7.89. The predicted molar refractivity (Wildman–Crippen MR) is 123 cm³/mol. The molecule has 0 bridgehead atoms. The molecule has 0 aromatic heterocycles. The number of halogens is 3. The monoisotopic (exact) mass is 489 g/mol. The zero-order valence-corrected chi connectivity index (χ0v) is 19.0. The van der Waals surface area contributed by atoms with Crippen LogP contribution in [0.4, 0.5) is 29.3 Å². The van der Waals surface area contributed by atoms with Gasteiger partial charge < -0.3 is 10.6 Å². The number of nitrogens with zero attached hydrogens (tertiary/aromatic N) is 1. The van der Waals surface area contributed by atoms with E-state index in [2.05, 4.69) is 10.6 Å². The van der Waals surface area contributed by atoms with Crippen LogP contribution >= 0.6 is 0 Å². The second kappa shape index (κ2) is 9.11. The molecular weight excluding hydrogens is 467 g/mol. The van der Waals surface area contributed by atoms with Gasteiger partial charge in [0.15, 0.2) is 0 Å². The van der Waals surface area contributed by atoms with Gasteiger partial charge in [-0.2, -0.15) is 17.5 Å². The quantitative estimate of drug-likeness (QED) is 0.515. The highest BCUT2D eigenvalue weighted by Gasteiger charge is 2.31. The summed E-state index contributed by atoms with van der Waals surface area (Å²) in [7, 11) is -3.67. The fourth-order valence-electron chi connectivity index (χ4n) is 3.74. The summed E-state index contributed by atoms with van der Waals surface area (Å²) in [6.07, 6.45) is -3.99. The van der Waals surface area contributed by atoms with Crippen molar-refractivity contribution in [3.05, 3.63) is 89.0 Å². The molecule has 0 unspecified atom stereocenters. The number of sulfonamides is 1. The van der Waals surface area contributed by atoms with Gasteiger partial charge in [0.2, 0.25) is 10.0 Å². The lowest BCUT2D eigenvalue weighted by Gasteiger charge is -2.28. The van der Waals surface area contributed by atoms with Crippen molar-refractivity contribution < 1.29 is 26.4 Å². The fourth-order valence-corrected chi connectivity index (χ4v) is 5.16. The number of amides is 2. The summed E-state index contributed by atoms with van der Waals surface area (Å²) in [5, 5.41) is 4.98. The smallest absolute Gasteiger partial charge is 0.308 e. The number of urea groups is 1. The molecule has 178 valence electrons. The Balaban J connectivity index is 1.47. The number of nitrogens with one attached hydrogen (secondary N) is 2. The first-order valence-corrected chi connectivity index (χ1v) is 11.9. The van der Waals surface area contributed by atoms with E-state index >= 15 is 0 Å². The lowest BCUT2D eigenvalue weighted by molar-refractivity contribution is -0.137. The van der Waals surface area contributed by atoms with Crippen LogP contribution in [0.5, 0.6) is 0 Å². The van der Waals surface area contributed by atoms with Crippen LogP contribution in [0.3, 0.4) is 0 Å². The maximum absolute atomic E-state index is 13.0. The van der Waals surface area contributed by atoms with Crippen molar-refractivity contribution in [2.75, 3.05) is 17.2 Å². The summed E-state index contributed by atoms with van der Waals surface area (Å²) >= 11 is 0. The van der Waals surface area contributed by atoms with E-state index < -0.39 is 27.8 Å². The number of anilines is 2. The Kier molecular flexibility index (Phi) is 6.37. The number of rotatable bonds is 4. The van der Waals surface area contributed by atoms with E-state index in [-0.39, 0.29) is 17.1 Å². The Labute approximate surface area is 195 Å². The number of fused-ring (bicyclic) bond motifs is 1. The molecule has 3 aromatic rings. The Morgan fingerprint density at radius 1 is 0.912 bits per heavy atom. The minimum absolute atomic E-state index is 0.000603. The summed E-state index contributed by atoms with van der Waals surface area (Å²) < 4.78 is 66.1. The minimum atomic E-state index is -4.52. The van der Waals surface area contributed by atoms with Crippen LogP contribution in [0.15, 0.2) is 71.6 Å². The molecule has 1 aliphatic heterocycles. The van der Waals surface area contributed by atoms with Crippen molar-refractivity contribution >= 4 is 27.4 Å². The number of alkyl halides is 3. The summed E-state index contributed by atoms with van der Waals surface area (Å²) in [5.74, 6) is 0. The van der Waals surface area contributed by atoms with E-state index in [0.29, 0.717) is 18.7 Å². The molecule has 2 N–H and O–H groups in total. The number of hydrogen-bond acceptors (Lipinski definition) is 3. The summed E-state index contributed by atoms with van der Waals surface area (Å²) in [4.78, 5) is 12.6. The SMILES string of the molecule is Cc1ccc(S(=O)(=O)N2CCc3ccc(NC(=O)Nc4cccc(C(F)(F)F)c4)cc3C2)cc1. The van der Waals surface area contributed by atoms with Crippen LogP contribution < -0.4 is 10.6 Å². The third-order valence-corrected chi connectivity index (χ3v) is 7.41. The Morgan fingerprint density at radius 3 is 2.26 bits per heavy atom. The summed E-state index contributed by atoms with van der Waals surface area (Å²) in [6, 6.07) is 15.4. The normalized spacial score (nSPS) is 14.4. The molecule has 0 spiro atoms. The molecule has 10 heteroatoms. The van der Waals surface area contributed by atoms with Gasteiger partial charge in [-0.3, -0.25) is 0 Å². The van der Waals surface area contributed by atoms with E-state index in [9.17, 15) is 26.4 Å². The molecule has 0 saturated heterocycles. The van der Waals surface area contributed by atoms with Crippen LogP contribution in [0.1, 0.15) is 22.3 Å². The molecule has 0 atom stereocenters. The molecule has 3 aromatic carbocycles. The van der Waals surface area contributed by atoms with Crippen LogP contribution in [-0.4, -0.2) is 25.3 Å². The van der Waals surface area contributed by atoms with Gasteiger partial charge in [0.25, 0.3) is 0 Å². The number of hydrogen-bond donors (Lipinski definition) is 2. The fraction of sp³-hybridized carbons (Fsp3) is 0.208. The molecule has 34 heavy (non-hydrogen) atoms. The van der Waals surface area contributed by atoms with Crippen LogP contribution in [0.25, 0.3) is 0 Å². The molecule has 0 saturated carbocycles. The molecule has 0 fully saturated rings. The largest absolute Gasteiger partial charge is 0.416 e. The molecule has 4 rings (SSSR count). The van der Waals surface area contributed by atoms with Gasteiger partial charge in [0.05, 0.1) is 10.5 Å². The van der Waals surface area contributed by atoms with Crippen molar-refractivity contribution in [3.8, 4) is 0 Å². The van der Waals surface area contributed by atoms with Crippen molar-refractivity contribution in [2.24, 2.45) is 0 Å². The molecular formula is C24H22F3N3O3S. The molecule has 0 aliphatic carbocycles. The lowest BCUT2D eigenvalue weighted by Crippen LogP contribution is -2.36. The highest BCUT2D eigenvalue weighted by Crippen LogP contribution is 2.31. The molecule has 6 nitrogen and oxygen atoms in total. The predicted octanol–water partition coefficient (Wildman–Crippen LogP) is 5.40. The zero-order chi connectivity index (χ0) is 24.5. The van der Waals surface area contributed by atoms with Crippen LogP contribution in [0.2, 0.25) is 0 Å². The average molecular weight is 490 g/mol. The Hall–Kier alpha value is -3.37. The maximum atomic E-state index is 13.0. The summed E-state index contributed by atoms with van der Waals surface area (Å²) in [6.45, 7) is 2.37. The topological polar surface area (TPSA) is 78.5 Å². The third kappa shape index (κ3) is 5.23. The van der Waals surface area contributed by atoms with E-state index in [1.54, 1.807) is 36.4 Å². The molecule has 0 radical (unpaired) electrons. The van der Waals surface area contributed by atoms with Gasteiger partial charge in [-0.05, 0) is 66.9 Å². The van der Waals surface area contributed by atoms with Gasteiger partial charge in [-0.25, -0.2) is 13.2 Å². The number of carbonyl (C=O) groups excluding carboxylic acids is 1. The van der Waals surface area contributed by atoms with Crippen molar-refractivity contribution in [1.82, 2.24) is 4.31 Å². The van der Waals surface area contributed by atoms with Gasteiger partial charge in [0.1, 0.15) is 0 Å². The van der Waals surface area contributed by atoms with E-state index in [4.69, 9.17) is 0 Å². The van der Waals surface area contributed by atoms with Gasteiger partial charge in [-0.1, -0.05) is 29.8 Å². The first-order chi connectivity index (χ1) is 16.0. The minimum Gasteiger partial charge on any atom is -0.308 e. The second-order valence-corrected chi connectivity index (χ2v) is 9.98. The van der Waals surface area contributed by atoms with Crippen LogP contribution in [0, 0.1) is 6.92 Å². The van der Waals surface area contributed by atoms with E-state index in [0.717, 1.165) is 28.8 Å². The molecule has 1 heterocycles. The lowest BCUT2D eigenvalue weighted by atomic mass is 10.0. The number of aryl methyl sites for hydroxylation is 1. The van der Waals surface area contributed by atoms with Crippen molar-refractivity contribution in [3.63, 3.8) is 0 Å². The maximum Gasteiger partial charge on any atom is 0.416 e. The first-order valence-electron chi connectivity index (χ1n) is 10.5. The van der Waals surface area contributed by atoms with E-state index in [1.165, 1.54) is 16.4 Å². The van der Waals surface area contributed by atoms with Gasteiger partial charge >= 0.3 is 12.2 Å². The van der Waals surface area contributed by atoms with Gasteiger partial charge in [0, 0.05) is 24.5 Å². The Bertz CT molecular complexity index is 1320. The zero-order valence-electron chi connectivity index (χ0n) is 18.2. The first kappa shape index (κ1) is 23.8. The van der Waals surface area contributed by atoms with Crippen molar-refractivity contribution in [2.45, 2.75) is 31.0 Å². The average Bonchev–Trinajstić information content (AvgIpc) is 2.78. The summed E-state index contributed by atoms with van der Waals surface area (Å²) in [5.41, 5.74) is 2.22. The third-order valence-electron chi connectivity index (χ3n) is 5.55. The number of benzene rings is 3. The molecule has 1 aliphatic rings. The Morgan fingerprint density at radius 2 is 1.59 bits per heavy atom. The number of carbonyl (C=O) groups is 1. The second-order valence-electron chi connectivity index (χ2n) is 8.04. The standard InChI is InChI=1S/C24H22F3N3O3S/c1-16-5-9-22(10-6-16)34(32,33)30-12-11-17-7-8-21(13-18(17)15-30)29-23(31)28-20-4-2-3-19(14-20)24(25,26)27/h2-10,13-14H,11-12,15H2,1H3,(H2,28,29,31). The molecule has 2 amide bonds. The van der Waals surface area contributed by atoms with Crippen LogP contribution in [-0.2, 0) is 29.2 Å².